The van der Waals surface area contributed by atoms with Gasteiger partial charge in [-0.3, -0.25) is 5.32 Å². The summed E-state index contributed by atoms with van der Waals surface area (Å²) in [5, 5.41) is 13.0. The number of benzene rings is 4. The van der Waals surface area contributed by atoms with Gasteiger partial charge in [0.1, 0.15) is 11.5 Å². The monoisotopic (exact) mass is 463 g/mol. The number of rotatable bonds is 8. The molecular weight excluding hydrogens is 439 g/mol. The van der Waals surface area contributed by atoms with Crippen LogP contribution in [0.4, 0.5) is 13.2 Å². The summed E-state index contributed by atoms with van der Waals surface area (Å²) in [7, 11) is 0. The molecule has 0 bridgehead atoms. The van der Waals surface area contributed by atoms with Gasteiger partial charge in [-0.25, -0.2) is 0 Å². The van der Waals surface area contributed by atoms with E-state index in [1.807, 2.05) is 48.5 Å². The molecule has 0 aliphatic heterocycles. The van der Waals surface area contributed by atoms with E-state index >= 15 is 0 Å². The number of aliphatic hydroxyl groups is 1. The highest BCUT2D eigenvalue weighted by atomic mass is 19.4. The van der Waals surface area contributed by atoms with Gasteiger partial charge in [0.2, 0.25) is 5.72 Å². The predicted octanol–water partition coefficient (Wildman–Crippen LogP) is 6.73. The molecule has 0 amide bonds. The summed E-state index contributed by atoms with van der Waals surface area (Å²) >= 11 is 0. The summed E-state index contributed by atoms with van der Waals surface area (Å²) in [5.41, 5.74) is -0.336. The van der Waals surface area contributed by atoms with Gasteiger partial charge in [-0.15, -0.1) is 0 Å². The molecule has 0 spiro atoms. The van der Waals surface area contributed by atoms with Crippen LogP contribution >= 0.6 is 0 Å². The van der Waals surface area contributed by atoms with Crippen molar-refractivity contribution in [2.45, 2.75) is 24.9 Å². The normalized spacial score (nSPS) is 13.3. The van der Waals surface area contributed by atoms with Crippen LogP contribution in [0.1, 0.15) is 11.1 Å². The number of halogens is 3. The van der Waals surface area contributed by atoms with Gasteiger partial charge in [0.25, 0.3) is 0 Å². The molecule has 34 heavy (non-hydrogen) atoms. The molecule has 4 aromatic carbocycles. The summed E-state index contributed by atoms with van der Waals surface area (Å²) in [4.78, 5) is 0. The lowest BCUT2D eigenvalue weighted by molar-refractivity contribution is -0.273. The summed E-state index contributed by atoms with van der Waals surface area (Å²) < 4.78 is 47.5. The molecule has 0 fully saturated rings. The van der Waals surface area contributed by atoms with Gasteiger partial charge in [0.05, 0.1) is 0 Å². The van der Waals surface area contributed by atoms with E-state index in [-0.39, 0.29) is 6.54 Å². The minimum absolute atomic E-state index is 0.156. The third kappa shape index (κ3) is 5.84. The van der Waals surface area contributed by atoms with Crippen LogP contribution in [0.25, 0.3) is 11.1 Å². The van der Waals surface area contributed by atoms with Gasteiger partial charge in [-0.1, -0.05) is 78.9 Å². The number of nitrogens with one attached hydrogen (secondary N) is 1. The Morgan fingerprint density at radius 2 is 1.24 bits per heavy atom. The molecule has 3 nitrogen and oxygen atoms in total. The van der Waals surface area contributed by atoms with Crippen LogP contribution in [0.3, 0.4) is 0 Å². The minimum atomic E-state index is -4.89. The highest BCUT2D eigenvalue weighted by Gasteiger charge is 2.53. The van der Waals surface area contributed by atoms with Crippen molar-refractivity contribution >= 4 is 0 Å². The molecule has 6 heteroatoms. The summed E-state index contributed by atoms with van der Waals surface area (Å²) in [6, 6.07) is 32.0. The highest BCUT2D eigenvalue weighted by molar-refractivity contribution is 5.63. The third-order valence-electron chi connectivity index (χ3n) is 5.43. The Labute approximate surface area is 196 Å². The number of hydrogen-bond acceptors (Lipinski definition) is 3. The van der Waals surface area contributed by atoms with Gasteiger partial charge >= 0.3 is 6.18 Å². The highest BCUT2D eigenvalue weighted by Crippen LogP contribution is 2.33. The first-order chi connectivity index (χ1) is 16.3. The quantitative estimate of drug-likeness (QED) is 0.285. The largest absolute Gasteiger partial charge is 0.457 e. The number of ether oxygens (including phenoxy) is 1. The van der Waals surface area contributed by atoms with E-state index in [1.165, 1.54) is 12.1 Å². The molecule has 4 aromatic rings. The van der Waals surface area contributed by atoms with E-state index in [2.05, 4.69) is 5.32 Å². The number of hydrogen-bond donors (Lipinski definition) is 2. The third-order valence-corrected chi connectivity index (χ3v) is 5.43. The zero-order valence-corrected chi connectivity index (χ0v) is 18.3. The molecule has 0 saturated carbocycles. The molecule has 0 aliphatic rings. The second kappa shape index (κ2) is 10.1. The van der Waals surface area contributed by atoms with Gasteiger partial charge in [0, 0.05) is 13.0 Å². The molecule has 0 saturated heterocycles. The van der Waals surface area contributed by atoms with Gasteiger partial charge in [-0.05, 0) is 52.6 Å². The fourth-order valence-corrected chi connectivity index (χ4v) is 3.64. The maximum absolute atomic E-state index is 13.9. The Morgan fingerprint density at radius 1 is 0.647 bits per heavy atom. The van der Waals surface area contributed by atoms with E-state index in [0.717, 1.165) is 11.1 Å². The van der Waals surface area contributed by atoms with Crippen molar-refractivity contribution in [3.05, 3.63) is 120 Å². The molecule has 2 N–H and O–H groups in total. The van der Waals surface area contributed by atoms with Crippen LogP contribution in [0.15, 0.2) is 109 Å². The van der Waals surface area contributed by atoms with Crippen molar-refractivity contribution in [1.82, 2.24) is 5.32 Å². The number of para-hydroxylation sites is 1. The summed E-state index contributed by atoms with van der Waals surface area (Å²) in [6.45, 7) is -0.156. The lowest BCUT2D eigenvalue weighted by Gasteiger charge is -2.32. The second-order valence-corrected chi connectivity index (χ2v) is 8.02. The van der Waals surface area contributed by atoms with E-state index < -0.39 is 18.3 Å². The Balaban J connectivity index is 1.50. The molecule has 4 rings (SSSR count). The molecule has 1 unspecified atom stereocenters. The van der Waals surface area contributed by atoms with Crippen molar-refractivity contribution in [2.24, 2.45) is 0 Å². The predicted molar refractivity (Wildman–Crippen MR) is 126 cm³/mol. The Bertz CT molecular complexity index is 1210. The first-order valence-electron chi connectivity index (χ1n) is 10.8. The Kier molecular flexibility index (Phi) is 7.01. The van der Waals surface area contributed by atoms with Gasteiger partial charge < -0.3 is 9.84 Å². The second-order valence-electron chi connectivity index (χ2n) is 8.02. The first kappa shape index (κ1) is 23.5. The SMILES string of the molecule is OC(Cc1cccc(Oc2ccccc2)c1)(NCc1cccc(-c2ccccc2)c1)C(F)(F)F. The molecule has 0 aromatic heterocycles. The van der Waals surface area contributed by atoms with Crippen LogP contribution in [0.5, 0.6) is 11.5 Å². The summed E-state index contributed by atoms with van der Waals surface area (Å²) in [5.74, 6) is 0.964. The van der Waals surface area contributed by atoms with Crippen molar-refractivity contribution in [2.75, 3.05) is 0 Å². The van der Waals surface area contributed by atoms with Crippen molar-refractivity contribution in [3.8, 4) is 22.6 Å². The van der Waals surface area contributed by atoms with Crippen LogP contribution in [-0.2, 0) is 13.0 Å². The minimum Gasteiger partial charge on any atom is -0.457 e. The average Bonchev–Trinajstić information content (AvgIpc) is 2.84. The molecular formula is C28H24F3NO2. The van der Waals surface area contributed by atoms with Crippen LogP contribution in [0, 0.1) is 0 Å². The van der Waals surface area contributed by atoms with E-state index in [1.54, 1.807) is 48.5 Å². The van der Waals surface area contributed by atoms with Crippen molar-refractivity contribution in [3.63, 3.8) is 0 Å². The van der Waals surface area contributed by atoms with Crippen LogP contribution in [-0.4, -0.2) is 17.0 Å². The topological polar surface area (TPSA) is 41.5 Å². The molecule has 0 aliphatic carbocycles. The van der Waals surface area contributed by atoms with Crippen LogP contribution in [0.2, 0.25) is 0 Å². The van der Waals surface area contributed by atoms with E-state index in [0.29, 0.717) is 22.6 Å². The first-order valence-corrected chi connectivity index (χ1v) is 10.8. The van der Waals surface area contributed by atoms with E-state index in [4.69, 9.17) is 4.74 Å². The molecule has 0 heterocycles. The molecule has 0 radical (unpaired) electrons. The lowest BCUT2D eigenvalue weighted by Crippen LogP contribution is -2.58. The zero-order chi connectivity index (χ0) is 24.0. The van der Waals surface area contributed by atoms with Crippen LogP contribution < -0.4 is 10.1 Å². The van der Waals surface area contributed by atoms with Crippen molar-refractivity contribution in [1.29, 1.82) is 0 Å². The fourth-order valence-electron chi connectivity index (χ4n) is 3.64. The molecule has 174 valence electrons. The fraction of sp³-hybridized carbons (Fsp3) is 0.143. The zero-order valence-electron chi connectivity index (χ0n) is 18.3. The smallest absolute Gasteiger partial charge is 0.431 e. The Morgan fingerprint density at radius 3 is 1.94 bits per heavy atom. The van der Waals surface area contributed by atoms with Crippen molar-refractivity contribution < 1.29 is 23.0 Å². The summed E-state index contributed by atoms with van der Waals surface area (Å²) in [6.07, 6.45) is -5.55. The van der Waals surface area contributed by atoms with Gasteiger partial charge in [-0.2, -0.15) is 13.2 Å². The maximum atomic E-state index is 13.9. The average molecular weight is 463 g/mol. The van der Waals surface area contributed by atoms with Gasteiger partial charge in [0.15, 0.2) is 0 Å². The standard InChI is InChI=1S/C28H24F3NO2/c29-28(30,31)27(33,19-21-9-8-16-26(18-21)34-25-14-5-2-6-15-25)32-20-22-10-7-13-24(17-22)23-11-3-1-4-12-23/h1-18,32-33H,19-20H2. The maximum Gasteiger partial charge on any atom is 0.431 e. The number of alkyl halides is 3. The van der Waals surface area contributed by atoms with E-state index in [9.17, 15) is 18.3 Å². The lowest BCUT2D eigenvalue weighted by atomic mass is 10.00. The molecule has 1 atom stereocenters. The Hall–Kier alpha value is -3.61.